The molecule has 1 aromatic heterocycles. The van der Waals surface area contributed by atoms with E-state index in [9.17, 15) is 4.79 Å². The molecule has 0 unspecified atom stereocenters. The zero-order chi connectivity index (χ0) is 10.8. The van der Waals surface area contributed by atoms with E-state index in [0.717, 1.165) is 16.7 Å². The Labute approximate surface area is 93.0 Å². The topological polar surface area (TPSA) is 46.5 Å². The molecule has 2 aromatic rings. The van der Waals surface area contributed by atoms with Crippen molar-refractivity contribution < 1.29 is 14.6 Å². The predicted molar refractivity (Wildman–Crippen MR) is 58.8 cm³/mol. The fourth-order valence-corrected chi connectivity index (χ4v) is 3.47. The molecule has 0 aliphatic heterocycles. The average molecular weight is 269 g/mol. The molecule has 1 N–H and O–H groups in total. The van der Waals surface area contributed by atoms with Gasteiger partial charge in [0.25, 0.3) is 0 Å². The molecular formula is C11H10O3Se. The van der Waals surface area contributed by atoms with Crippen LogP contribution in [0.15, 0.2) is 23.1 Å². The van der Waals surface area contributed by atoms with Gasteiger partial charge in [-0.3, -0.25) is 0 Å². The number of aliphatic carboxylic acids is 1. The van der Waals surface area contributed by atoms with E-state index in [0.29, 0.717) is 0 Å². The van der Waals surface area contributed by atoms with E-state index in [1.54, 1.807) is 7.11 Å². The molecular weight excluding hydrogens is 259 g/mol. The third-order valence-electron chi connectivity index (χ3n) is 2.20. The fraction of sp³-hybridized carbons (Fsp3) is 0.182. The maximum atomic E-state index is 10.7. The number of benzene rings is 1. The third-order valence-corrected chi connectivity index (χ3v) is 4.33. The number of hydrogen-bond donors (Lipinski definition) is 1. The number of hydrogen-bond acceptors (Lipinski definition) is 2. The third kappa shape index (κ3) is 2.06. The number of carboxylic acids is 1. The number of carboxylic acid groups (broad SMARTS) is 1. The Morgan fingerprint density at radius 2 is 2.33 bits per heavy atom. The molecule has 2 rings (SSSR count). The summed E-state index contributed by atoms with van der Waals surface area (Å²) in [5.74, 6) is -0.00420. The second-order valence-electron chi connectivity index (χ2n) is 3.19. The van der Waals surface area contributed by atoms with Crippen LogP contribution in [0.5, 0.6) is 5.75 Å². The Bertz CT molecular complexity index is 502. The van der Waals surface area contributed by atoms with Crippen LogP contribution in [0.3, 0.4) is 0 Å². The van der Waals surface area contributed by atoms with Gasteiger partial charge < -0.3 is 0 Å². The number of methoxy groups -OCH3 is 1. The summed E-state index contributed by atoms with van der Waals surface area (Å²) >= 11 is 0.270. The molecule has 0 spiro atoms. The molecule has 15 heavy (non-hydrogen) atoms. The quantitative estimate of drug-likeness (QED) is 0.860. The van der Waals surface area contributed by atoms with Crippen molar-refractivity contribution in [1.29, 1.82) is 0 Å². The molecule has 78 valence electrons. The first-order chi connectivity index (χ1) is 7.20. The molecule has 0 bridgehead atoms. The van der Waals surface area contributed by atoms with E-state index in [-0.39, 0.29) is 20.9 Å². The van der Waals surface area contributed by atoms with Gasteiger partial charge in [0, 0.05) is 0 Å². The van der Waals surface area contributed by atoms with Crippen molar-refractivity contribution in [3.05, 3.63) is 28.7 Å². The molecule has 0 saturated carbocycles. The maximum absolute atomic E-state index is 10.7. The molecule has 0 saturated heterocycles. The monoisotopic (exact) mass is 270 g/mol. The van der Waals surface area contributed by atoms with Crippen LogP contribution in [0.1, 0.15) is 5.56 Å². The van der Waals surface area contributed by atoms with Gasteiger partial charge in [-0.15, -0.1) is 0 Å². The van der Waals surface area contributed by atoms with Crippen molar-refractivity contribution in [3.63, 3.8) is 0 Å². The van der Waals surface area contributed by atoms with E-state index in [1.165, 1.54) is 4.26 Å². The second-order valence-corrected chi connectivity index (χ2v) is 5.11. The van der Waals surface area contributed by atoms with Gasteiger partial charge in [-0.05, 0) is 0 Å². The molecule has 4 heteroatoms. The zero-order valence-electron chi connectivity index (χ0n) is 8.19. The van der Waals surface area contributed by atoms with Gasteiger partial charge in [0.05, 0.1) is 0 Å². The van der Waals surface area contributed by atoms with Crippen LogP contribution in [0.2, 0.25) is 0 Å². The van der Waals surface area contributed by atoms with Crippen molar-refractivity contribution in [2.75, 3.05) is 7.11 Å². The average Bonchev–Trinajstić information content (AvgIpc) is 2.60. The molecule has 1 heterocycles. The van der Waals surface area contributed by atoms with Crippen LogP contribution in [0, 0.1) is 0 Å². The predicted octanol–water partition coefficient (Wildman–Crippen LogP) is 1.53. The van der Waals surface area contributed by atoms with Crippen LogP contribution in [-0.4, -0.2) is 32.7 Å². The minimum atomic E-state index is -0.785. The summed E-state index contributed by atoms with van der Waals surface area (Å²) in [6.07, 6.45) is 0.0991. The number of carbonyl (C=O) groups is 1. The Morgan fingerprint density at radius 1 is 1.53 bits per heavy atom. The van der Waals surface area contributed by atoms with Gasteiger partial charge >= 0.3 is 92.7 Å². The van der Waals surface area contributed by atoms with Crippen LogP contribution in [0.4, 0.5) is 0 Å². The van der Waals surface area contributed by atoms with Gasteiger partial charge in [0.15, 0.2) is 0 Å². The summed E-state index contributed by atoms with van der Waals surface area (Å²) in [6, 6.07) is 5.84. The van der Waals surface area contributed by atoms with E-state index < -0.39 is 5.97 Å². The Hall–Kier alpha value is -1.25. The van der Waals surface area contributed by atoms with Crippen molar-refractivity contribution >= 4 is 30.1 Å². The summed E-state index contributed by atoms with van der Waals surface area (Å²) in [5.41, 5.74) is 0.913. The molecule has 0 amide bonds. The van der Waals surface area contributed by atoms with E-state index in [2.05, 4.69) is 0 Å². The van der Waals surface area contributed by atoms with E-state index in [1.807, 2.05) is 23.1 Å². The number of ether oxygens (including phenoxy) is 1. The van der Waals surface area contributed by atoms with Crippen LogP contribution in [-0.2, 0) is 11.2 Å². The zero-order valence-corrected chi connectivity index (χ0v) is 9.90. The summed E-state index contributed by atoms with van der Waals surface area (Å²) in [7, 11) is 1.61. The van der Waals surface area contributed by atoms with Gasteiger partial charge in [-0.25, -0.2) is 0 Å². The Kier molecular flexibility index (Phi) is 2.80. The van der Waals surface area contributed by atoms with E-state index >= 15 is 0 Å². The molecule has 0 fully saturated rings. The molecule has 0 radical (unpaired) electrons. The van der Waals surface area contributed by atoms with Crippen molar-refractivity contribution in [1.82, 2.24) is 0 Å². The van der Waals surface area contributed by atoms with Crippen molar-refractivity contribution in [3.8, 4) is 5.75 Å². The molecule has 0 aliphatic rings. The van der Waals surface area contributed by atoms with Gasteiger partial charge in [0.1, 0.15) is 0 Å². The molecule has 1 aromatic carbocycles. The SMILES string of the molecule is COc1ccc2[se]cc(CC(=O)O)c2c1. The summed E-state index contributed by atoms with van der Waals surface area (Å²) in [6.45, 7) is 0. The Morgan fingerprint density at radius 3 is 3.00 bits per heavy atom. The number of rotatable bonds is 3. The van der Waals surface area contributed by atoms with Crippen LogP contribution in [0.25, 0.3) is 9.65 Å². The molecule has 0 atom stereocenters. The fourth-order valence-electron chi connectivity index (χ4n) is 1.49. The van der Waals surface area contributed by atoms with E-state index in [4.69, 9.17) is 9.84 Å². The summed E-state index contributed by atoms with van der Waals surface area (Å²) in [4.78, 5) is 12.7. The summed E-state index contributed by atoms with van der Waals surface area (Å²) < 4.78 is 6.36. The first kappa shape index (κ1) is 10.3. The van der Waals surface area contributed by atoms with Crippen LogP contribution >= 0.6 is 0 Å². The van der Waals surface area contributed by atoms with Gasteiger partial charge in [-0.1, -0.05) is 0 Å². The number of fused-ring (bicyclic) bond motifs is 1. The molecule has 0 aliphatic carbocycles. The van der Waals surface area contributed by atoms with Gasteiger partial charge in [0.2, 0.25) is 0 Å². The first-order valence-corrected chi connectivity index (χ1v) is 6.31. The van der Waals surface area contributed by atoms with Crippen LogP contribution < -0.4 is 4.74 Å². The van der Waals surface area contributed by atoms with Crippen molar-refractivity contribution in [2.45, 2.75) is 6.42 Å². The molecule has 3 nitrogen and oxygen atoms in total. The normalized spacial score (nSPS) is 10.5. The minimum absolute atomic E-state index is 0.0991. The standard InChI is InChI=1S/C11H10O3Se/c1-14-8-2-3-10-9(5-8)7(6-15-10)4-11(12)13/h2-3,5-6H,4H2,1H3,(H,12,13). The van der Waals surface area contributed by atoms with Gasteiger partial charge in [-0.2, -0.15) is 0 Å². The Balaban J connectivity index is 2.51. The first-order valence-electron chi connectivity index (χ1n) is 4.46. The van der Waals surface area contributed by atoms with Crippen molar-refractivity contribution in [2.24, 2.45) is 0 Å². The summed E-state index contributed by atoms with van der Waals surface area (Å²) in [5, 5.41) is 9.80. The second kappa shape index (κ2) is 4.09.